The molecule has 6 nitrogen and oxygen atoms in total. The standard InChI is InChI=1S/C22H32N4O2/c1-5-17-8-6-7-9-18(17)13-23-14-19-12-21(27)26(10-11-28-4)22(19)20-15-24-25(3)16(20)2/h6-9,15,19,22-23H,5,10-14H2,1-4H3/t19-,22+/m0/s1. The molecule has 2 heterocycles. The average molecular weight is 385 g/mol. The van der Waals surface area contributed by atoms with Gasteiger partial charge in [0.15, 0.2) is 0 Å². The van der Waals surface area contributed by atoms with Gasteiger partial charge in [-0.05, 0) is 24.5 Å². The van der Waals surface area contributed by atoms with Gasteiger partial charge < -0.3 is 15.0 Å². The molecule has 0 unspecified atom stereocenters. The van der Waals surface area contributed by atoms with Crippen LogP contribution in [0.1, 0.15) is 41.8 Å². The second-order valence-corrected chi connectivity index (χ2v) is 7.55. The first kappa shape index (κ1) is 20.6. The van der Waals surface area contributed by atoms with E-state index >= 15 is 0 Å². The molecule has 1 aromatic carbocycles. The number of carbonyl (C=O) groups is 1. The van der Waals surface area contributed by atoms with Crippen LogP contribution < -0.4 is 5.32 Å². The second-order valence-electron chi connectivity index (χ2n) is 7.55. The molecule has 0 radical (unpaired) electrons. The van der Waals surface area contributed by atoms with Crippen molar-refractivity contribution in [3.8, 4) is 0 Å². The van der Waals surface area contributed by atoms with Gasteiger partial charge in [-0.1, -0.05) is 31.2 Å². The number of likely N-dealkylation sites (tertiary alicyclic amines) is 1. The third-order valence-corrected chi connectivity index (χ3v) is 5.89. The molecule has 3 rings (SSSR count). The van der Waals surface area contributed by atoms with Crippen LogP contribution in [0, 0.1) is 12.8 Å². The fraction of sp³-hybridized carbons (Fsp3) is 0.545. The van der Waals surface area contributed by atoms with Crippen LogP contribution in [-0.2, 0) is 29.5 Å². The number of amides is 1. The van der Waals surface area contributed by atoms with Crippen LogP contribution in [-0.4, -0.2) is 47.4 Å². The minimum atomic E-state index is 0.0465. The summed E-state index contributed by atoms with van der Waals surface area (Å²) in [6.45, 7) is 7.04. The number of aromatic nitrogens is 2. The van der Waals surface area contributed by atoms with Crippen molar-refractivity contribution in [2.45, 2.75) is 39.3 Å². The number of carbonyl (C=O) groups excluding carboxylic acids is 1. The van der Waals surface area contributed by atoms with Gasteiger partial charge in [0.1, 0.15) is 0 Å². The van der Waals surface area contributed by atoms with Crippen molar-refractivity contribution in [2.75, 3.05) is 26.8 Å². The molecule has 0 saturated carbocycles. The van der Waals surface area contributed by atoms with E-state index in [0.717, 1.165) is 30.8 Å². The summed E-state index contributed by atoms with van der Waals surface area (Å²) in [5, 5.41) is 8.02. The summed E-state index contributed by atoms with van der Waals surface area (Å²) >= 11 is 0. The van der Waals surface area contributed by atoms with Gasteiger partial charge >= 0.3 is 0 Å². The normalized spacial score (nSPS) is 19.6. The predicted octanol–water partition coefficient (Wildman–Crippen LogP) is 2.62. The van der Waals surface area contributed by atoms with Crippen molar-refractivity contribution < 1.29 is 9.53 Å². The lowest BCUT2D eigenvalue weighted by Gasteiger charge is -2.28. The molecule has 1 saturated heterocycles. The van der Waals surface area contributed by atoms with Crippen LogP contribution in [0.4, 0.5) is 0 Å². The van der Waals surface area contributed by atoms with Crippen LogP contribution in [0.25, 0.3) is 0 Å². The molecule has 2 aromatic rings. The monoisotopic (exact) mass is 384 g/mol. The van der Waals surface area contributed by atoms with Gasteiger partial charge in [0.25, 0.3) is 0 Å². The summed E-state index contributed by atoms with van der Waals surface area (Å²) in [7, 11) is 3.62. The molecule has 0 aliphatic carbocycles. The Balaban J connectivity index is 1.74. The number of methoxy groups -OCH3 is 1. The zero-order valence-corrected chi connectivity index (χ0v) is 17.4. The van der Waals surface area contributed by atoms with Crippen LogP contribution in [0.2, 0.25) is 0 Å². The SMILES string of the molecule is CCc1ccccc1CNC[C@@H]1CC(=O)N(CCOC)[C@H]1c1cnn(C)c1C. The maximum absolute atomic E-state index is 12.7. The molecule has 1 N–H and O–H groups in total. The van der Waals surface area contributed by atoms with Gasteiger partial charge in [0.05, 0.1) is 18.8 Å². The zero-order valence-electron chi connectivity index (χ0n) is 17.4. The highest BCUT2D eigenvalue weighted by atomic mass is 16.5. The lowest BCUT2D eigenvalue weighted by atomic mass is 9.93. The number of nitrogens with one attached hydrogen (secondary N) is 1. The summed E-state index contributed by atoms with van der Waals surface area (Å²) in [5.74, 6) is 0.423. The molecule has 1 aliphatic rings. The predicted molar refractivity (Wildman–Crippen MR) is 110 cm³/mol. The Labute approximate surface area is 167 Å². The Hall–Kier alpha value is -2.18. The number of hydrogen-bond acceptors (Lipinski definition) is 4. The van der Waals surface area contributed by atoms with E-state index in [1.807, 2.05) is 22.8 Å². The molecule has 1 amide bonds. The first-order chi connectivity index (χ1) is 13.6. The molecule has 1 aromatic heterocycles. The zero-order chi connectivity index (χ0) is 20.1. The van der Waals surface area contributed by atoms with Gasteiger partial charge in [-0.25, -0.2) is 0 Å². The first-order valence-electron chi connectivity index (χ1n) is 10.1. The van der Waals surface area contributed by atoms with E-state index in [2.05, 4.69) is 48.5 Å². The van der Waals surface area contributed by atoms with Crippen molar-refractivity contribution in [1.29, 1.82) is 0 Å². The smallest absolute Gasteiger partial charge is 0.223 e. The van der Waals surface area contributed by atoms with Crippen LogP contribution in [0.5, 0.6) is 0 Å². The molecule has 2 atom stereocenters. The molecular formula is C22H32N4O2. The van der Waals surface area contributed by atoms with Gasteiger partial charge in [-0.3, -0.25) is 9.48 Å². The van der Waals surface area contributed by atoms with Crippen LogP contribution >= 0.6 is 0 Å². The Morgan fingerprint density at radius 3 is 2.68 bits per heavy atom. The van der Waals surface area contributed by atoms with Crippen molar-refractivity contribution >= 4 is 5.91 Å². The summed E-state index contributed by atoms with van der Waals surface area (Å²) in [4.78, 5) is 14.7. The van der Waals surface area contributed by atoms with Gasteiger partial charge in [-0.15, -0.1) is 0 Å². The Morgan fingerprint density at radius 2 is 2.04 bits per heavy atom. The summed E-state index contributed by atoms with van der Waals surface area (Å²) < 4.78 is 7.12. The van der Waals surface area contributed by atoms with E-state index in [1.54, 1.807) is 7.11 Å². The number of rotatable bonds is 9. The molecule has 0 bridgehead atoms. The lowest BCUT2D eigenvalue weighted by Crippen LogP contribution is -2.34. The molecule has 152 valence electrons. The van der Waals surface area contributed by atoms with Crippen molar-refractivity contribution in [1.82, 2.24) is 20.0 Å². The Kier molecular flexibility index (Phi) is 6.86. The quantitative estimate of drug-likeness (QED) is 0.722. The molecule has 1 fully saturated rings. The maximum atomic E-state index is 12.7. The molecule has 28 heavy (non-hydrogen) atoms. The summed E-state index contributed by atoms with van der Waals surface area (Å²) in [6.07, 6.45) is 3.50. The van der Waals surface area contributed by atoms with E-state index in [1.165, 1.54) is 11.1 Å². The van der Waals surface area contributed by atoms with E-state index in [4.69, 9.17) is 4.74 Å². The average Bonchev–Trinajstić information content (AvgIpc) is 3.19. The first-order valence-corrected chi connectivity index (χ1v) is 10.1. The minimum Gasteiger partial charge on any atom is -0.383 e. The third kappa shape index (κ3) is 4.28. The molecule has 0 spiro atoms. The highest BCUT2D eigenvalue weighted by molar-refractivity contribution is 5.79. The largest absolute Gasteiger partial charge is 0.383 e. The topological polar surface area (TPSA) is 59.4 Å². The molecular weight excluding hydrogens is 352 g/mol. The highest BCUT2D eigenvalue weighted by Crippen LogP contribution is 2.38. The number of nitrogens with zero attached hydrogens (tertiary/aromatic N) is 3. The van der Waals surface area contributed by atoms with Crippen molar-refractivity contribution in [3.05, 3.63) is 52.8 Å². The summed E-state index contributed by atoms with van der Waals surface area (Å²) in [6, 6.07) is 8.59. The number of ether oxygens (including phenoxy) is 1. The van der Waals surface area contributed by atoms with E-state index in [-0.39, 0.29) is 17.9 Å². The number of benzene rings is 1. The van der Waals surface area contributed by atoms with E-state index in [0.29, 0.717) is 19.6 Å². The van der Waals surface area contributed by atoms with E-state index in [9.17, 15) is 4.79 Å². The third-order valence-electron chi connectivity index (χ3n) is 5.89. The second kappa shape index (κ2) is 9.34. The van der Waals surface area contributed by atoms with Crippen LogP contribution in [0.3, 0.4) is 0 Å². The van der Waals surface area contributed by atoms with Crippen LogP contribution in [0.15, 0.2) is 30.5 Å². The van der Waals surface area contributed by atoms with Crippen molar-refractivity contribution in [3.63, 3.8) is 0 Å². The Bertz CT molecular complexity index is 802. The Morgan fingerprint density at radius 1 is 1.29 bits per heavy atom. The number of aryl methyl sites for hydroxylation is 2. The lowest BCUT2D eigenvalue weighted by molar-refractivity contribution is -0.129. The maximum Gasteiger partial charge on any atom is 0.223 e. The fourth-order valence-corrected chi connectivity index (χ4v) is 4.19. The highest BCUT2D eigenvalue weighted by Gasteiger charge is 2.41. The fourth-order valence-electron chi connectivity index (χ4n) is 4.19. The van der Waals surface area contributed by atoms with Gasteiger partial charge in [0, 0.05) is 57.4 Å². The molecule has 1 aliphatic heterocycles. The van der Waals surface area contributed by atoms with E-state index < -0.39 is 0 Å². The number of hydrogen-bond donors (Lipinski definition) is 1. The van der Waals surface area contributed by atoms with Crippen molar-refractivity contribution in [2.24, 2.45) is 13.0 Å². The molecule has 6 heteroatoms. The van der Waals surface area contributed by atoms with Gasteiger partial charge in [0.2, 0.25) is 5.91 Å². The van der Waals surface area contributed by atoms with Gasteiger partial charge in [-0.2, -0.15) is 5.10 Å². The summed E-state index contributed by atoms with van der Waals surface area (Å²) in [5.41, 5.74) is 4.97. The minimum absolute atomic E-state index is 0.0465.